The summed E-state index contributed by atoms with van der Waals surface area (Å²) in [6, 6.07) is 4.33. The largest absolute Gasteiger partial charge is 0.508 e. The van der Waals surface area contributed by atoms with Crippen molar-refractivity contribution in [1.29, 1.82) is 5.26 Å². The van der Waals surface area contributed by atoms with E-state index in [1.54, 1.807) is 24.9 Å². The van der Waals surface area contributed by atoms with Gasteiger partial charge in [0.15, 0.2) is 18.0 Å². The minimum absolute atomic E-state index is 0.0737. The Bertz CT molecular complexity index is 1420. The van der Waals surface area contributed by atoms with E-state index in [1.165, 1.54) is 16.9 Å². The zero-order valence-corrected chi connectivity index (χ0v) is 23.0. The molecule has 16 heteroatoms. The molecule has 5 rings (SSSR count). The van der Waals surface area contributed by atoms with Gasteiger partial charge < -0.3 is 34.2 Å². The van der Waals surface area contributed by atoms with Crippen molar-refractivity contribution in [3.63, 3.8) is 0 Å². The Hall–Kier alpha value is -4.49. The van der Waals surface area contributed by atoms with Crippen LogP contribution in [0, 0.1) is 11.3 Å². The number of fused-ring (bicyclic) bond motifs is 2. The van der Waals surface area contributed by atoms with Gasteiger partial charge in [-0.2, -0.15) is 10.4 Å². The number of aromatic nitrogens is 3. The lowest BCUT2D eigenvalue weighted by Gasteiger charge is -2.28. The van der Waals surface area contributed by atoms with Crippen molar-refractivity contribution >= 4 is 35.4 Å². The first-order chi connectivity index (χ1) is 20.2. The second-order valence-corrected chi connectivity index (χ2v) is 10.1. The van der Waals surface area contributed by atoms with Crippen molar-refractivity contribution in [1.82, 2.24) is 19.5 Å². The van der Waals surface area contributed by atoms with E-state index in [1.807, 2.05) is 0 Å². The molecule has 2 aromatic heterocycles. The summed E-state index contributed by atoms with van der Waals surface area (Å²) in [5.74, 6) is -1.72. The number of nitriles is 1. The third-order valence-electron chi connectivity index (χ3n) is 7.45. The SMILES string of the molecule is CCOC(=O)[C@@H]1[C@H](OC(=O)OC[C@H]2O[C@@](C#N)(c3ccc4c(N)ncnn34)[C@@H]3OC(=O)CCCC(=O)O[C@@H]32)CCN1C. The van der Waals surface area contributed by atoms with Crippen LogP contribution < -0.4 is 5.73 Å². The fourth-order valence-corrected chi connectivity index (χ4v) is 5.49. The Kier molecular flexibility index (Phi) is 8.14. The lowest BCUT2D eigenvalue weighted by molar-refractivity contribution is -0.166. The number of hydrogen-bond acceptors (Lipinski definition) is 15. The van der Waals surface area contributed by atoms with Crippen LogP contribution >= 0.6 is 0 Å². The summed E-state index contributed by atoms with van der Waals surface area (Å²) >= 11 is 0. The van der Waals surface area contributed by atoms with Gasteiger partial charge in [-0.3, -0.25) is 19.3 Å². The number of carbonyl (C=O) groups is 4. The Morgan fingerprint density at radius 2 is 1.98 bits per heavy atom. The molecule has 0 saturated carbocycles. The Balaban J connectivity index is 1.41. The summed E-state index contributed by atoms with van der Waals surface area (Å²) in [6.07, 6.45) is -4.40. The molecule has 42 heavy (non-hydrogen) atoms. The first-order valence-electron chi connectivity index (χ1n) is 13.5. The molecular weight excluding hydrogens is 556 g/mol. The minimum atomic E-state index is -2.04. The highest BCUT2D eigenvalue weighted by Gasteiger charge is 2.63. The third kappa shape index (κ3) is 5.28. The molecule has 0 radical (unpaired) electrons. The van der Waals surface area contributed by atoms with E-state index in [9.17, 15) is 24.4 Å². The lowest BCUT2D eigenvalue weighted by Crippen LogP contribution is -2.46. The molecule has 2 aromatic rings. The first kappa shape index (κ1) is 29.0. The molecule has 16 nitrogen and oxygen atoms in total. The van der Waals surface area contributed by atoms with E-state index in [-0.39, 0.29) is 37.4 Å². The number of nitrogen functional groups attached to an aromatic ring is 1. The number of hydrogen-bond donors (Lipinski definition) is 1. The molecule has 0 aromatic carbocycles. The van der Waals surface area contributed by atoms with Gasteiger partial charge in [-0.15, -0.1) is 0 Å². The molecule has 5 heterocycles. The van der Waals surface area contributed by atoms with Crippen LogP contribution in [-0.4, -0.2) is 101 Å². The number of likely N-dealkylation sites (tertiary alicyclic amines) is 1. The van der Waals surface area contributed by atoms with Crippen LogP contribution in [0.2, 0.25) is 0 Å². The molecule has 0 unspecified atom stereocenters. The molecule has 2 N–H and O–H groups in total. The molecule has 0 aliphatic carbocycles. The van der Waals surface area contributed by atoms with Crippen LogP contribution in [0.15, 0.2) is 18.5 Å². The fourth-order valence-electron chi connectivity index (χ4n) is 5.49. The van der Waals surface area contributed by atoms with Crippen LogP contribution in [0.25, 0.3) is 5.52 Å². The average molecular weight is 587 g/mol. The molecule has 3 aliphatic heterocycles. The monoisotopic (exact) mass is 586 g/mol. The molecule has 0 bridgehead atoms. The maximum atomic E-state index is 12.8. The molecule has 0 spiro atoms. The summed E-state index contributed by atoms with van der Waals surface area (Å²) in [5.41, 5.74) is 4.41. The van der Waals surface area contributed by atoms with E-state index < -0.39 is 66.7 Å². The van der Waals surface area contributed by atoms with Gasteiger partial charge in [-0.1, -0.05) is 0 Å². The van der Waals surface area contributed by atoms with Crippen molar-refractivity contribution in [3.05, 3.63) is 24.2 Å². The van der Waals surface area contributed by atoms with E-state index in [0.717, 1.165) is 0 Å². The minimum Gasteiger partial charge on any atom is -0.465 e. The van der Waals surface area contributed by atoms with Crippen LogP contribution in [0.5, 0.6) is 0 Å². The summed E-state index contributed by atoms with van der Waals surface area (Å²) in [5, 5.41) is 14.7. The highest BCUT2D eigenvalue weighted by molar-refractivity contribution is 5.77. The molecular formula is C26H30N6O10. The predicted octanol–water partition coefficient (Wildman–Crippen LogP) is 0.226. The normalized spacial score (nSPS) is 29.8. The Morgan fingerprint density at radius 1 is 1.21 bits per heavy atom. The van der Waals surface area contributed by atoms with E-state index >= 15 is 0 Å². The van der Waals surface area contributed by atoms with Crippen LogP contribution in [0.3, 0.4) is 0 Å². The van der Waals surface area contributed by atoms with Crippen LogP contribution in [-0.2, 0) is 48.4 Å². The first-order valence-corrected chi connectivity index (χ1v) is 13.5. The number of anilines is 1. The topological polar surface area (TPSA) is 207 Å². The summed E-state index contributed by atoms with van der Waals surface area (Å²) < 4.78 is 34.7. The maximum Gasteiger partial charge on any atom is 0.508 e. The van der Waals surface area contributed by atoms with Gasteiger partial charge in [-0.25, -0.2) is 14.3 Å². The van der Waals surface area contributed by atoms with Crippen molar-refractivity contribution in [2.24, 2.45) is 0 Å². The van der Waals surface area contributed by atoms with Crippen molar-refractivity contribution in [2.75, 3.05) is 32.5 Å². The second kappa shape index (κ2) is 11.8. The summed E-state index contributed by atoms with van der Waals surface area (Å²) in [4.78, 5) is 56.1. The van der Waals surface area contributed by atoms with Gasteiger partial charge in [-0.05, 0) is 38.9 Å². The molecule has 0 amide bonds. The summed E-state index contributed by atoms with van der Waals surface area (Å²) in [6.45, 7) is 1.79. The van der Waals surface area contributed by atoms with E-state index in [2.05, 4.69) is 16.2 Å². The van der Waals surface area contributed by atoms with Crippen LogP contribution in [0.1, 0.15) is 38.3 Å². The van der Waals surface area contributed by atoms with E-state index in [0.29, 0.717) is 18.5 Å². The van der Waals surface area contributed by atoms with E-state index in [4.69, 9.17) is 34.2 Å². The zero-order valence-electron chi connectivity index (χ0n) is 23.0. The second-order valence-electron chi connectivity index (χ2n) is 10.1. The van der Waals surface area contributed by atoms with Gasteiger partial charge in [0.2, 0.25) is 5.60 Å². The predicted molar refractivity (Wildman–Crippen MR) is 137 cm³/mol. The number of ether oxygens (including phenoxy) is 6. The van der Waals surface area contributed by atoms with Gasteiger partial charge >= 0.3 is 24.1 Å². The number of nitrogens with two attached hydrogens (primary N) is 1. The average Bonchev–Trinajstić information content (AvgIpc) is 3.64. The Labute approximate surface area is 239 Å². The lowest BCUT2D eigenvalue weighted by atomic mass is 9.92. The molecule has 6 atom stereocenters. The number of likely N-dealkylation sites (N-methyl/N-ethyl adjacent to an activating group) is 1. The number of rotatable bonds is 6. The smallest absolute Gasteiger partial charge is 0.465 e. The molecule has 3 fully saturated rings. The molecule has 224 valence electrons. The third-order valence-corrected chi connectivity index (χ3v) is 7.45. The maximum absolute atomic E-state index is 12.8. The van der Waals surface area contributed by atoms with Crippen molar-refractivity contribution < 1.29 is 47.6 Å². The summed E-state index contributed by atoms with van der Waals surface area (Å²) in [7, 11) is 1.71. The standard InChI is InChI=1S/C26H30N6O10/c1-3-37-24(35)20-15(9-10-31(20)2)39-25(36)38-11-16-21-22(41-19(34)6-4-5-18(33)40-21)26(12-27,42-16)17-8-7-14-23(28)29-13-30-32(14)17/h7-8,13,15-16,20-22H,3-6,9-11H2,1-2H3,(H2,28,29,30)/t15-,16-,20+,21-,22-,26+/m1/s1. The van der Waals surface area contributed by atoms with Crippen LogP contribution in [0.4, 0.5) is 10.6 Å². The number of nitrogens with zero attached hydrogens (tertiary/aromatic N) is 5. The zero-order chi connectivity index (χ0) is 30.0. The Morgan fingerprint density at radius 3 is 2.71 bits per heavy atom. The van der Waals surface area contributed by atoms with Crippen molar-refractivity contribution in [3.8, 4) is 6.07 Å². The van der Waals surface area contributed by atoms with Gasteiger partial charge in [0, 0.05) is 19.4 Å². The highest BCUT2D eigenvalue weighted by Crippen LogP contribution is 2.44. The quantitative estimate of drug-likeness (QED) is 0.355. The molecule has 3 aliphatic rings. The number of esters is 3. The number of carbonyl (C=O) groups excluding carboxylic acids is 4. The van der Waals surface area contributed by atoms with Gasteiger partial charge in [0.05, 0.1) is 12.3 Å². The van der Waals surface area contributed by atoms with Gasteiger partial charge in [0.1, 0.15) is 42.8 Å². The van der Waals surface area contributed by atoms with Gasteiger partial charge in [0.25, 0.3) is 0 Å². The molecule has 3 saturated heterocycles. The highest BCUT2D eigenvalue weighted by atomic mass is 16.7. The fraction of sp³-hybridized carbons (Fsp3) is 0.577. The van der Waals surface area contributed by atoms with Crippen molar-refractivity contribution in [2.45, 2.75) is 68.7 Å².